The SMILES string of the molecule is CC(Oc1cccc(Cl)c1)C(=O)Nc1cccc(OCC(F)(F)F)c1. The molecule has 25 heavy (non-hydrogen) atoms. The molecule has 0 saturated heterocycles. The van der Waals surface area contributed by atoms with Crippen LogP contribution in [0.4, 0.5) is 18.9 Å². The van der Waals surface area contributed by atoms with Crippen molar-refractivity contribution in [3.63, 3.8) is 0 Å². The molecule has 2 aromatic carbocycles. The quantitative estimate of drug-likeness (QED) is 0.799. The molecule has 1 unspecified atom stereocenters. The van der Waals surface area contributed by atoms with Gasteiger partial charge in [0.2, 0.25) is 0 Å². The maximum absolute atomic E-state index is 12.2. The van der Waals surface area contributed by atoms with E-state index >= 15 is 0 Å². The Balaban J connectivity index is 1.95. The van der Waals surface area contributed by atoms with E-state index in [1.54, 1.807) is 31.2 Å². The molecule has 0 spiro atoms. The minimum atomic E-state index is -4.43. The average molecular weight is 374 g/mol. The fourth-order valence-electron chi connectivity index (χ4n) is 1.87. The van der Waals surface area contributed by atoms with Gasteiger partial charge in [0.05, 0.1) is 0 Å². The maximum Gasteiger partial charge on any atom is 0.422 e. The molecule has 134 valence electrons. The van der Waals surface area contributed by atoms with Crippen molar-refractivity contribution in [3.05, 3.63) is 53.6 Å². The van der Waals surface area contributed by atoms with Gasteiger partial charge in [0.15, 0.2) is 12.7 Å². The molecule has 2 rings (SSSR count). The highest BCUT2D eigenvalue weighted by atomic mass is 35.5. The van der Waals surface area contributed by atoms with Crippen LogP contribution in [0.25, 0.3) is 0 Å². The molecule has 0 heterocycles. The molecule has 8 heteroatoms. The Morgan fingerprint density at radius 3 is 2.52 bits per heavy atom. The number of alkyl halides is 3. The molecule has 1 N–H and O–H groups in total. The fraction of sp³-hybridized carbons (Fsp3) is 0.235. The van der Waals surface area contributed by atoms with Crippen molar-refractivity contribution < 1.29 is 27.4 Å². The van der Waals surface area contributed by atoms with Crippen molar-refractivity contribution in [1.29, 1.82) is 0 Å². The second-order valence-electron chi connectivity index (χ2n) is 5.14. The molecule has 1 amide bonds. The van der Waals surface area contributed by atoms with E-state index in [2.05, 4.69) is 10.1 Å². The van der Waals surface area contributed by atoms with Gasteiger partial charge in [-0.25, -0.2) is 0 Å². The van der Waals surface area contributed by atoms with Gasteiger partial charge in [-0.05, 0) is 37.3 Å². The highest BCUT2D eigenvalue weighted by Gasteiger charge is 2.28. The molecule has 0 aliphatic carbocycles. The van der Waals surface area contributed by atoms with Crippen LogP contribution in [-0.2, 0) is 4.79 Å². The number of amides is 1. The monoisotopic (exact) mass is 373 g/mol. The lowest BCUT2D eigenvalue weighted by Crippen LogP contribution is -2.30. The van der Waals surface area contributed by atoms with Crippen LogP contribution >= 0.6 is 11.6 Å². The predicted molar refractivity (Wildman–Crippen MR) is 88.2 cm³/mol. The standard InChI is InChI=1S/C17H15ClF3NO3/c1-11(25-15-7-2-4-12(18)8-15)16(23)22-13-5-3-6-14(9-13)24-10-17(19,20)21/h2-9,11H,10H2,1H3,(H,22,23). The summed E-state index contributed by atoms with van der Waals surface area (Å²) in [6.07, 6.45) is -5.27. The van der Waals surface area contributed by atoms with Gasteiger partial charge < -0.3 is 14.8 Å². The van der Waals surface area contributed by atoms with E-state index in [0.717, 1.165) is 0 Å². The Morgan fingerprint density at radius 2 is 1.84 bits per heavy atom. The topological polar surface area (TPSA) is 47.6 Å². The van der Waals surface area contributed by atoms with E-state index in [1.165, 1.54) is 24.3 Å². The van der Waals surface area contributed by atoms with Gasteiger partial charge in [-0.1, -0.05) is 23.7 Å². The number of carbonyl (C=O) groups is 1. The van der Waals surface area contributed by atoms with E-state index in [9.17, 15) is 18.0 Å². The molecule has 0 radical (unpaired) electrons. The molecule has 4 nitrogen and oxygen atoms in total. The molecule has 0 aromatic heterocycles. The zero-order chi connectivity index (χ0) is 18.4. The Bertz CT molecular complexity index is 737. The third-order valence-electron chi connectivity index (χ3n) is 2.98. The first-order valence-electron chi connectivity index (χ1n) is 7.25. The third-order valence-corrected chi connectivity index (χ3v) is 3.22. The number of ether oxygens (including phenoxy) is 2. The first-order chi connectivity index (χ1) is 11.7. The lowest BCUT2D eigenvalue weighted by molar-refractivity contribution is -0.153. The van der Waals surface area contributed by atoms with Gasteiger partial charge >= 0.3 is 6.18 Å². The number of anilines is 1. The van der Waals surface area contributed by atoms with Crippen molar-refractivity contribution in [1.82, 2.24) is 0 Å². The number of hydrogen-bond donors (Lipinski definition) is 1. The van der Waals surface area contributed by atoms with Crippen molar-refractivity contribution in [2.24, 2.45) is 0 Å². The zero-order valence-electron chi connectivity index (χ0n) is 13.1. The summed E-state index contributed by atoms with van der Waals surface area (Å²) in [6.45, 7) is 0.138. The Hall–Kier alpha value is -2.41. The van der Waals surface area contributed by atoms with Crippen LogP contribution < -0.4 is 14.8 Å². The number of nitrogens with one attached hydrogen (secondary N) is 1. The van der Waals surface area contributed by atoms with Gasteiger partial charge in [0.25, 0.3) is 5.91 Å². The van der Waals surface area contributed by atoms with Gasteiger partial charge in [-0.3, -0.25) is 4.79 Å². The summed E-state index contributed by atoms with van der Waals surface area (Å²) in [5.41, 5.74) is 0.297. The summed E-state index contributed by atoms with van der Waals surface area (Å²) < 4.78 is 46.6. The van der Waals surface area contributed by atoms with E-state index in [1.807, 2.05) is 0 Å². The minimum Gasteiger partial charge on any atom is -0.484 e. The Labute approximate surface area is 147 Å². The molecule has 0 aliphatic heterocycles. The highest BCUT2D eigenvalue weighted by Crippen LogP contribution is 2.22. The predicted octanol–water partition coefficient (Wildman–Crippen LogP) is 4.69. The average Bonchev–Trinajstić information content (AvgIpc) is 2.52. The normalized spacial score (nSPS) is 12.4. The minimum absolute atomic E-state index is 0.00135. The van der Waals surface area contributed by atoms with Gasteiger partial charge in [-0.2, -0.15) is 13.2 Å². The first-order valence-corrected chi connectivity index (χ1v) is 7.63. The van der Waals surface area contributed by atoms with Crippen molar-refractivity contribution in [3.8, 4) is 11.5 Å². The fourth-order valence-corrected chi connectivity index (χ4v) is 2.05. The maximum atomic E-state index is 12.2. The summed E-state index contributed by atoms with van der Waals surface area (Å²) in [6, 6.07) is 12.3. The Morgan fingerprint density at radius 1 is 1.16 bits per heavy atom. The summed E-state index contributed by atoms with van der Waals surface area (Å²) in [4.78, 5) is 12.1. The van der Waals surface area contributed by atoms with Crippen molar-refractivity contribution in [2.75, 3.05) is 11.9 Å². The largest absolute Gasteiger partial charge is 0.484 e. The van der Waals surface area contributed by atoms with Crippen LogP contribution in [0.3, 0.4) is 0 Å². The highest BCUT2D eigenvalue weighted by molar-refractivity contribution is 6.30. The van der Waals surface area contributed by atoms with Crippen LogP contribution in [0.15, 0.2) is 48.5 Å². The molecule has 1 atom stereocenters. The first kappa shape index (κ1) is 18.9. The van der Waals surface area contributed by atoms with Crippen molar-refractivity contribution in [2.45, 2.75) is 19.2 Å². The lowest BCUT2D eigenvalue weighted by atomic mass is 10.2. The summed E-state index contributed by atoms with van der Waals surface area (Å²) in [5, 5.41) is 3.03. The van der Waals surface area contributed by atoms with Crippen LogP contribution in [0.5, 0.6) is 11.5 Å². The number of rotatable bonds is 6. The van der Waals surface area contributed by atoms with E-state index < -0.39 is 24.8 Å². The molecule has 0 fully saturated rings. The molecular weight excluding hydrogens is 359 g/mol. The molecule has 2 aromatic rings. The van der Waals surface area contributed by atoms with Crippen LogP contribution in [0, 0.1) is 0 Å². The number of halogens is 4. The van der Waals surface area contributed by atoms with Crippen LogP contribution in [0.2, 0.25) is 5.02 Å². The summed E-state index contributed by atoms with van der Waals surface area (Å²) >= 11 is 5.84. The molecular formula is C17H15ClF3NO3. The van der Waals surface area contributed by atoms with E-state index in [0.29, 0.717) is 16.5 Å². The van der Waals surface area contributed by atoms with Crippen LogP contribution in [-0.4, -0.2) is 24.8 Å². The smallest absolute Gasteiger partial charge is 0.422 e. The lowest BCUT2D eigenvalue weighted by Gasteiger charge is -2.15. The molecule has 0 aliphatic rings. The number of benzene rings is 2. The van der Waals surface area contributed by atoms with E-state index in [4.69, 9.17) is 16.3 Å². The van der Waals surface area contributed by atoms with Crippen LogP contribution in [0.1, 0.15) is 6.92 Å². The number of carbonyl (C=O) groups excluding carboxylic acids is 1. The molecule has 0 saturated carbocycles. The summed E-state index contributed by atoms with van der Waals surface area (Å²) in [7, 11) is 0. The Kier molecular flexibility index (Phi) is 6.14. The second kappa shape index (κ2) is 8.11. The molecule has 0 bridgehead atoms. The van der Waals surface area contributed by atoms with Gasteiger partial charge in [0, 0.05) is 16.8 Å². The van der Waals surface area contributed by atoms with Gasteiger partial charge in [-0.15, -0.1) is 0 Å². The van der Waals surface area contributed by atoms with Gasteiger partial charge in [0.1, 0.15) is 11.5 Å². The third kappa shape index (κ3) is 6.54. The summed E-state index contributed by atoms with van der Waals surface area (Å²) in [5.74, 6) is -0.0381. The second-order valence-corrected chi connectivity index (χ2v) is 5.57. The number of hydrogen-bond acceptors (Lipinski definition) is 3. The zero-order valence-corrected chi connectivity index (χ0v) is 13.9. The van der Waals surface area contributed by atoms with E-state index in [-0.39, 0.29) is 5.75 Å². The van der Waals surface area contributed by atoms with Crippen molar-refractivity contribution >= 4 is 23.2 Å².